The van der Waals surface area contributed by atoms with E-state index in [1.807, 2.05) is 0 Å². The maximum absolute atomic E-state index is 13.2. The molecule has 0 saturated carbocycles. The molecule has 0 spiro atoms. The number of aromatic nitrogens is 2. The molecule has 0 bridgehead atoms. The zero-order valence-electron chi connectivity index (χ0n) is 16.9. The summed E-state index contributed by atoms with van der Waals surface area (Å²) in [7, 11) is -2.59. The van der Waals surface area contributed by atoms with Crippen molar-refractivity contribution in [2.45, 2.75) is 31.8 Å². The molecule has 0 aliphatic heterocycles. The molecule has 0 atom stereocenters. The smallest absolute Gasteiger partial charge is 0.435 e. The van der Waals surface area contributed by atoms with Crippen LogP contribution in [0.2, 0.25) is 0 Å². The Labute approximate surface area is 172 Å². The van der Waals surface area contributed by atoms with Crippen molar-refractivity contribution in [2.75, 3.05) is 25.0 Å². The van der Waals surface area contributed by atoms with Crippen LogP contribution < -0.4 is 10.1 Å². The monoisotopic (exact) mass is 448 g/mol. The molecule has 1 aromatic heterocycles. The fraction of sp³-hybridized carbons (Fsp3) is 0.444. The molecule has 1 aromatic carbocycles. The number of sulfonamides is 1. The van der Waals surface area contributed by atoms with Crippen molar-refractivity contribution < 1.29 is 31.1 Å². The number of hydrogen-bond donors (Lipinski definition) is 1. The van der Waals surface area contributed by atoms with Crippen LogP contribution in [0.15, 0.2) is 29.3 Å². The summed E-state index contributed by atoms with van der Waals surface area (Å²) in [6.07, 6.45) is -3.89. The van der Waals surface area contributed by atoms with Gasteiger partial charge < -0.3 is 10.1 Å². The maximum atomic E-state index is 13.2. The van der Waals surface area contributed by atoms with Crippen LogP contribution in [-0.4, -0.2) is 48.1 Å². The quantitative estimate of drug-likeness (QED) is 0.670. The maximum Gasteiger partial charge on any atom is 0.435 e. The minimum atomic E-state index is -4.83. The molecule has 2 aromatic rings. The average molecular weight is 448 g/mol. The van der Waals surface area contributed by atoms with E-state index in [4.69, 9.17) is 4.74 Å². The topological polar surface area (TPSA) is 93.5 Å². The number of hydrogen-bond acceptors (Lipinski definition) is 5. The van der Waals surface area contributed by atoms with Gasteiger partial charge in [0, 0.05) is 26.3 Å². The lowest BCUT2D eigenvalue weighted by molar-refractivity contribution is -0.141. The summed E-state index contributed by atoms with van der Waals surface area (Å²) >= 11 is 0. The molecular formula is C18H23F3N4O4S. The minimum absolute atomic E-state index is 0.0629. The molecule has 1 heterocycles. The lowest BCUT2D eigenvalue weighted by atomic mass is 10.2. The molecule has 0 unspecified atom stereocenters. The molecule has 30 heavy (non-hydrogen) atoms. The minimum Gasteiger partial charge on any atom is -0.492 e. The van der Waals surface area contributed by atoms with E-state index in [0.717, 1.165) is 10.9 Å². The van der Waals surface area contributed by atoms with Gasteiger partial charge in [0.15, 0.2) is 5.69 Å². The Bertz CT molecular complexity index is 1010. The molecule has 1 N–H and O–H groups in total. The highest BCUT2D eigenvalue weighted by molar-refractivity contribution is 7.89. The van der Waals surface area contributed by atoms with Gasteiger partial charge in [-0.05, 0) is 25.1 Å². The van der Waals surface area contributed by atoms with Gasteiger partial charge >= 0.3 is 6.18 Å². The van der Waals surface area contributed by atoms with Crippen LogP contribution >= 0.6 is 0 Å². The Morgan fingerprint density at radius 2 is 1.87 bits per heavy atom. The van der Waals surface area contributed by atoms with Crippen LogP contribution in [0, 0.1) is 0 Å². The zero-order chi connectivity index (χ0) is 22.7. The standard InChI is InChI=1S/C18H23F3N4O4S/c1-5-25(6-2)30(27,28)12-8-9-15(29-7-3)14(10-12)22-17(26)13-11-24(4)23-16(13)18(19,20)21/h8-11H,5-7H2,1-4H3,(H,22,26). The number of alkyl halides is 3. The first-order valence-electron chi connectivity index (χ1n) is 9.14. The van der Waals surface area contributed by atoms with Gasteiger partial charge in [-0.1, -0.05) is 13.8 Å². The number of rotatable bonds is 8. The fourth-order valence-electron chi connectivity index (χ4n) is 2.81. The molecule has 0 aliphatic carbocycles. The largest absolute Gasteiger partial charge is 0.492 e. The van der Waals surface area contributed by atoms with Gasteiger partial charge in [-0.15, -0.1) is 0 Å². The molecule has 8 nitrogen and oxygen atoms in total. The van der Waals surface area contributed by atoms with Gasteiger partial charge in [0.05, 0.1) is 22.8 Å². The molecular weight excluding hydrogens is 425 g/mol. The first kappa shape index (κ1) is 23.7. The van der Waals surface area contributed by atoms with Crippen molar-refractivity contribution in [3.63, 3.8) is 0 Å². The molecule has 0 saturated heterocycles. The summed E-state index contributed by atoms with van der Waals surface area (Å²) in [4.78, 5) is 12.5. The van der Waals surface area contributed by atoms with Gasteiger partial charge in [0.1, 0.15) is 5.75 Å². The summed E-state index contributed by atoms with van der Waals surface area (Å²) < 4.78 is 72.6. The third-order valence-corrected chi connectivity index (χ3v) is 6.23. The van der Waals surface area contributed by atoms with Crippen LogP contribution in [0.1, 0.15) is 36.8 Å². The van der Waals surface area contributed by atoms with E-state index in [9.17, 15) is 26.4 Å². The van der Waals surface area contributed by atoms with Gasteiger partial charge in [0.25, 0.3) is 5.91 Å². The van der Waals surface area contributed by atoms with Crippen LogP contribution in [0.25, 0.3) is 0 Å². The van der Waals surface area contributed by atoms with Gasteiger partial charge in [-0.2, -0.15) is 22.6 Å². The van der Waals surface area contributed by atoms with Crippen molar-refractivity contribution in [1.29, 1.82) is 0 Å². The molecule has 0 fully saturated rings. The lowest BCUT2D eigenvalue weighted by Crippen LogP contribution is -2.30. The average Bonchev–Trinajstić information content (AvgIpc) is 3.06. The number of aryl methyl sites for hydroxylation is 1. The van der Waals surface area contributed by atoms with Crippen LogP contribution in [0.4, 0.5) is 18.9 Å². The second-order valence-corrected chi connectivity index (χ2v) is 8.14. The van der Waals surface area contributed by atoms with Crippen molar-refractivity contribution in [3.05, 3.63) is 35.7 Å². The van der Waals surface area contributed by atoms with Crippen molar-refractivity contribution in [3.8, 4) is 5.75 Å². The van der Waals surface area contributed by atoms with E-state index in [0.29, 0.717) is 0 Å². The number of ether oxygens (including phenoxy) is 1. The Morgan fingerprint density at radius 3 is 2.40 bits per heavy atom. The number of benzene rings is 1. The van der Waals surface area contributed by atoms with E-state index in [1.165, 1.54) is 29.6 Å². The van der Waals surface area contributed by atoms with E-state index < -0.39 is 33.4 Å². The van der Waals surface area contributed by atoms with Crippen molar-refractivity contribution in [1.82, 2.24) is 14.1 Å². The van der Waals surface area contributed by atoms with E-state index >= 15 is 0 Å². The molecule has 166 valence electrons. The van der Waals surface area contributed by atoms with Gasteiger partial charge in [-0.3, -0.25) is 9.48 Å². The van der Waals surface area contributed by atoms with E-state index in [2.05, 4.69) is 10.4 Å². The summed E-state index contributed by atoms with van der Waals surface area (Å²) in [5, 5.41) is 5.63. The summed E-state index contributed by atoms with van der Waals surface area (Å²) in [6.45, 7) is 5.70. The highest BCUT2D eigenvalue weighted by Gasteiger charge is 2.39. The Balaban J connectivity index is 2.49. The first-order chi connectivity index (χ1) is 13.9. The zero-order valence-corrected chi connectivity index (χ0v) is 17.8. The summed E-state index contributed by atoms with van der Waals surface area (Å²) in [6, 6.07) is 3.84. The number of anilines is 1. The van der Waals surface area contributed by atoms with Crippen LogP contribution in [0.3, 0.4) is 0 Å². The van der Waals surface area contributed by atoms with E-state index in [1.54, 1.807) is 20.8 Å². The van der Waals surface area contributed by atoms with Crippen LogP contribution in [-0.2, 0) is 23.2 Å². The van der Waals surface area contributed by atoms with Crippen molar-refractivity contribution in [2.24, 2.45) is 7.05 Å². The second-order valence-electron chi connectivity index (χ2n) is 6.20. The third kappa shape index (κ3) is 4.93. The lowest BCUT2D eigenvalue weighted by Gasteiger charge is -2.20. The first-order valence-corrected chi connectivity index (χ1v) is 10.6. The number of amides is 1. The SMILES string of the molecule is CCOc1ccc(S(=O)(=O)N(CC)CC)cc1NC(=O)c1cn(C)nc1C(F)(F)F. The van der Waals surface area contributed by atoms with Crippen molar-refractivity contribution >= 4 is 21.6 Å². The Hall–Kier alpha value is -2.60. The normalized spacial score (nSPS) is 12.3. The molecule has 1 amide bonds. The number of carbonyl (C=O) groups is 1. The number of nitrogens with zero attached hydrogens (tertiary/aromatic N) is 3. The number of nitrogens with one attached hydrogen (secondary N) is 1. The predicted molar refractivity (Wildman–Crippen MR) is 104 cm³/mol. The molecule has 2 rings (SSSR count). The Kier molecular flexibility index (Phi) is 7.14. The Morgan fingerprint density at radius 1 is 1.23 bits per heavy atom. The van der Waals surface area contributed by atoms with Gasteiger partial charge in [-0.25, -0.2) is 8.42 Å². The third-order valence-electron chi connectivity index (χ3n) is 4.18. The van der Waals surface area contributed by atoms with Gasteiger partial charge in [0.2, 0.25) is 10.0 Å². The molecule has 12 heteroatoms. The highest BCUT2D eigenvalue weighted by atomic mass is 32.2. The summed E-state index contributed by atoms with van der Waals surface area (Å²) in [5.74, 6) is -0.962. The molecule has 0 radical (unpaired) electrons. The number of carbonyl (C=O) groups excluding carboxylic acids is 1. The molecule has 0 aliphatic rings. The second kappa shape index (κ2) is 9.04. The predicted octanol–water partition coefficient (Wildman–Crippen LogP) is 3.12. The fourth-order valence-corrected chi connectivity index (χ4v) is 4.30. The number of halogens is 3. The highest BCUT2D eigenvalue weighted by Crippen LogP contribution is 2.33. The van der Waals surface area contributed by atoms with Crippen LogP contribution in [0.5, 0.6) is 5.75 Å². The van der Waals surface area contributed by atoms with E-state index in [-0.39, 0.29) is 36.0 Å². The summed E-state index contributed by atoms with van der Waals surface area (Å²) in [5.41, 5.74) is -2.09.